The molecule has 0 aromatic carbocycles. The van der Waals surface area contributed by atoms with E-state index in [1.807, 2.05) is 0 Å². The van der Waals surface area contributed by atoms with Gasteiger partial charge < -0.3 is 10.1 Å². The van der Waals surface area contributed by atoms with Gasteiger partial charge in [-0.25, -0.2) is 0 Å². The second kappa shape index (κ2) is 5.71. The number of rotatable bonds is 3. The van der Waals surface area contributed by atoms with E-state index in [1.54, 1.807) is 0 Å². The summed E-state index contributed by atoms with van der Waals surface area (Å²) in [7, 11) is 0. The second-order valence-electron chi connectivity index (χ2n) is 6.68. The molecular weight excluding hydrogens is 210 g/mol. The van der Waals surface area contributed by atoms with Crippen molar-refractivity contribution in [2.75, 3.05) is 19.8 Å². The zero-order valence-corrected chi connectivity index (χ0v) is 11.8. The van der Waals surface area contributed by atoms with Gasteiger partial charge in [-0.2, -0.15) is 0 Å². The van der Waals surface area contributed by atoms with Gasteiger partial charge in [-0.1, -0.05) is 33.6 Å². The van der Waals surface area contributed by atoms with Crippen LogP contribution in [-0.4, -0.2) is 25.8 Å². The first kappa shape index (κ1) is 13.4. The third-order valence-corrected chi connectivity index (χ3v) is 5.20. The normalized spacial score (nSPS) is 37.9. The van der Waals surface area contributed by atoms with Gasteiger partial charge in [-0.15, -0.1) is 0 Å². The van der Waals surface area contributed by atoms with Crippen molar-refractivity contribution in [2.45, 2.75) is 58.9 Å². The predicted molar refractivity (Wildman–Crippen MR) is 72.1 cm³/mol. The molecule has 0 bridgehead atoms. The largest absolute Gasteiger partial charge is 0.381 e. The van der Waals surface area contributed by atoms with Crippen LogP contribution in [0.4, 0.5) is 0 Å². The molecule has 0 aromatic heterocycles. The number of ether oxygens (including phenoxy) is 1. The van der Waals surface area contributed by atoms with Crippen molar-refractivity contribution < 1.29 is 4.74 Å². The van der Waals surface area contributed by atoms with Crippen molar-refractivity contribution in [1.82, 2.24) is 5.32 Å². The highest BCUT2D eigenvalue weighted by atomic mass is 16.5. The van der Waals surface area contributed by atoms with Gasteiger partial charge in [0.1, 0.15) is 0 Å². The van der Waals surface area contributed by atoms with E-state index in [0.717, 1.165) is 31.1 Å². The van der Waals surface area contributed by atoms with Gasteiger partial charge in [0.25, 0.3) is 0 Å². The first-order chi connectivity index (χ1) is 8.11. The third-order valence-electron chi connectivity index (χ3n) is 5.20. The van der Waals surface area contributed by atoms with E-state index in [-0.39, 0.29) is 0 Å². The molecule has 0 spiro atoms. The Morgan fingerprint density at radius 3 is 2.59 bits per heavy atom. The summed E-state index contributed by atoms with van der Waals surface area (Å²) in [6.45, 7) is 10.3. The maximum atomic E-state index is 5.47. The van der Waals surface area contributed by atoms with E-state index in [2.05, 4.69) is 26.1 Å². The van der Waals surface area contributed by atoms with Crippen molar-refractivity contribution in [1.29, 1.82) is 0 Å². The van der Waals surface area contributed by atoms with Gasteiger partial charge in [-0.3, -0.25) is 0 Å². The molecule has 1 aliphatic carbocycles. The van der Waals surface area contributed by atoms with Gasteiger partial charge in [0.05, 0.1) is 0 Å². The summed E-state index contributed by atoms with van der Waals surface area (Å²) in [5, 5.41) is 3.86. The van der Waals surface area contributed by atoms with Gasteiger partial charge >= 0.3 is 0 Å². The molecule has 1 aliphatic heterocycles. The SMILES string of the molecule is CC1CCCC(NCC2(C)CCOCC2)C1C. The topological polar surface area (TPSA) is 21.3 Å². The van der Waals surface area contributed by atoms with Crippen LogP contribution in [0.3, 0.4) is 0 Å². The minimum Gasteiger partial charge on any atom is -0.381 e. The molecular formula is C15H29NO. The summed E-state index contributed by atoms with van der Waals surface area (Å²) in [4.78, 5) is 0. The summed E-state index contributed by atoms with van der Waals surface area (Å²) >= 11 is 0. The molecule has 2 heteroatoms. The molecule has 1 saturated heterocycles. The van der Waals surface area contributed by atoms with Crippen LogP contribution in [0.1, 0.15) is 52.9 Å². The Balaban J connectivity index is 1.80. The van der Waals surface area contributed by atoms with Crippen molar-refractivity contribution in [3.05, 3.63) is 0 Å². The Morgan fingerprint density at radius 1 is 1.18 bits per heavy atom. The average Bonchev–Trinajstić information content (AvgIpc) is 2.32. The quantitative estimate of drug-likeness (QED) is 0.816. The van der Waals surface area contributed by atoms with Crippen LogP contribution in [0.15, 0.2) is 0 Å². The van der Waals surface area contributed by atoms with Crippen molar-refractivity contribution in [2.24, 2.45) is 17.3 Å². The molecule has 1 N–H and O–H groups in total. The summed E-state index contributed by atoms with van der Waals surface area (Å²) in [6, 6.07) is 0.749. The van der Waals surface area contributed by atoms with Crippen molar-refractivity contribution >= 4 is 0 Å². The molecule has 3 atom stereocenters. The average molecular weight is 239 g/mol. The van der Waals surface area contributed by atoms with Crippen LogP contribution in [0.25, 0.3) is 0 Å². The summed E-state index contributed by atoms with van der Waals surface area (Å²) in [5.74, 6) is 1.73. The summed E-state index contributed by atoms with van der Waals surface area (Å²) < 4.78 is 5.47. The van der Waals surface area contributed by atoms with E-state index in [4.69, 9.17) is 4.74 Å². The Labute approximate surface area is 107 Å². The van der Waals surface area contributed by atoms with Crippen LogP contribution in [0.5, 0.6) is 0 Å². The maximum absolute atomic E-state index is 5.47. The molecule has 0 aromatic rings. The third kappa shape index (κ3) is 3.45. The van der Waals surface area contributed by atoms with Gasteiger partial charge in [0.15, 0.2) is 0 Å². The lowest BCUT2D eigenvalue weighted by Crippen LogP contribution is -2.46. The fourth-order valence-electron chi connectivity index (χ4n) is 3.29. The summed E-state index contributed by atoms with van der Waals surface area (Å²) in [5.41, 5.74) is 0.471. The lowest BCUT2D eigenvalue weighted by molar-refractivity contribution is 0.0204. The zero-order chi connectivity index (χ0) is 12.3. The molecule has 0 amide bonds. The van der Waals surface area contributed by atoms with E-state index in [9.17, 15) is 0 Å². The smallest absolute Gasteiger partial charge is 0.0471 e. The fraction of sp³-hybridized carbons (Fsp3) is 1.00. The minimum atomic E-state index is 0.471. The minimum absolute atomic E-state index is 0.471. The molecule has 17 heavy (non-hydrogen) atoms. The molecule has 100 valence electrons. The van der Waals surface area contributed by atoms with E-state index in [1.165, 1.54) is 38.6 Å². The Hall–Kier alpha value is -0.0800. The van der Waals surface area contributed by atoms with Crippen LogP contribution in [-0.2, 0) is 4.74 Å². The first-order valence-corrected chi connectivity index (χ1v) is 7.42. The molecule has 1 saturated carbocycles. The van der Waals surface area contributed by atoms with Crippen LogP contribution >= 0.6 is 0 Å². The Kier molecular flexibility index (Phi) is 4.48. The van der Waals surface area contributed by atoms with E-state index >= 15 is 0 Å². The highest BCUT2D eigenvalue weighted by Crippen LogP contribution is 2.32. The summed E-state index contributed by atoms with van der Waals surface area (Å²) in [6.07, 6.45) is 6.64. The molecule has 3 unspecified atom stereocenters. The van der Waals surface area contributed by atoms with E-state index in [0.29, 0.717) is 5.41 Å². The number of nitrogens with one attached hydrogen (secondary N) is 1. The van der Waals surface area contributed by atoms with E-state index < -0.39 is 0 Å². The molecule has 2 nitrogen and oxygen atoms in total. The van der Waals surface area contributed by atoms with Gasteiger partial charge in [0, 0.05) is 25.8 Å². The predicted octanol–water partition coefficient (Wildman–Crippen LogP) is 3.22. The number of hydrogen-bond acceptors (Lipinski definition) is 2. The molecule has 2 rings (SSSR count). The highest BCUT2D eigenvalue weighted by molar-refractivity contribution is 4.86. The fourth-order valence-corrected chi connectivity index (χ4v) is 3.29. The Bertz CT molecular complexity index is 235. The van der Waals surface area contributed by atoms with Crippen molar-refractivity contribution in [3.63, 3.8) is 0 Å². The Morgan fingerprint density at radius 2 is 1.88 bits per heavy atom. The van der Waals surface area contributed by atoms with Crippen molar-refractivity contribution in [3.8, 4) is 0 Å². The second-order valence-corrected chi connectivity index (χ2v) is 6.68. The molecule has 2 fully saturated rings. The first-order valence-electron chi connectivity index (χ1n) is 7.42. The van der Waals surface area contributed by atoms with Crippen LogP contribution in [0, 0.1) is 17.3 Å². The zero-order valence-electron chi connectivity index (χ0n) is 11.8. The van der Waals surface area contributed by atoms with Crippen LogP contribution in [0.2, 0.25) is 0 Å². The monoisotopic (exact) mass is 239 g/mol. The molecule has 1 heterocycles. The standard InChI is InChI=1S/C15H29NO/c1-12-5-4-6-14(13(12)2)16-11-15(3)7-9-17-10-8-15/h12-14,16H,4-11H2,1-3H3. The molecule has 0 radical (unpaired) electrons. The lowest BCUT2D eigenvalue weighted by atomic mass is 9.76. The maximum Gasteiger partial charge on any atom is 0.0471 e. The lowest BCUT2D eigenvalue weighted by Gasteiger charge is -2.39. The van der Waals surface area contributed by atoms with Gasteiger partial charge in [0.2, 0.25) is 0 Å². The highest BCUT2D eigenvalue weighted by Gasteiger charge is 2.31. The molecule has 2 aliphatic rings. The van der Waals surface area contributed by atoms with Crippen LogP contribution < -0.4 is 5.32 Å². The van der Waals surface area contributed by atoms with Gasteiger partial charge in [-0.05, 0) is 36.5 Å². The number of hydrogen-bond donors (Lipinski definition) is 1.